The molecule has 0 fully saturated rings. The summed E-state index contributed by atoms with van der Waals surface area (Å²) in [7, 11) is 3.30. The molecular weight excluding hydrogens is 324 g/mol. The van der Waals surface area contributed by atoms with E-state index in [1.54, 1.807) is 14.2 Å². The molecule has 4 nitrogen and oxygen atoms in total. The minimum absolute atomic E-state index is 0.160. The second-order valence-electron chi connectivity index (χ2n) is 6.26. The van der Waals surface area contributed by atoms with Gasteiger partial charge in [0.05, 0.1) is 7.11 Å². The number of hydrogen-bond acceptors (Lipinski definition) is 2. The van der Waals surface area contributed by atoms with E-state index in [0.717, 1.165) is 18.6 Å². The number of fused-ring (bicyclic) bond motifs is 1. The van der Waals surface area contributed by atoms with Gasteiger partial charge in [-0.25, -0.2) is 4.79 Å². The van der Waals surface area contributed by atoms with Gasteiger partial charge in [0.15, 0.2) is 0 Å². The van der Waals surface area contributed by atoms with Crippen LogP contribution < -0.4 is 15.4 Å². The van der Waals surface area contributed by atoms with Crippen molar-refractivity contribution in [2.45, 2.75) is 12.8 Å². The van der Waals surface area contributed by atoms with Gasteiger partial charge in [-0.05, 0) is 52.4 Å². The lowest BCUT2D eigenvalue weighted by molar-refractivity contribution is 0.243. The summed E-state index contributed by atoms with van der Waals surface area (Å²) in [5.74, 6) is 0.841. The first-order chi connectivity index (χ1) is 12.7. The summed E-state index contributed by atoms with van der Waals surface area (Å²) in [6.45, 7) is 0.584. The van der Waals surface area contributed by atoms with Crippen LogP contribution >= 0.6 is 0 Å². The van der Waals surface area contributed by atoms with Crippen LogP contribution in [0.25, 0.3) is 10.8 Å². The molecule has 0 spiro atoms. The third-order valence-electron chi connectivity index (χ3n) is 4.46. The van der Waals surface area contributed by atoms with E-state index < -0.39 is 0 Å². The van der Waals surface area contributed by atoms with Crippen LogP contribution in [-0.2, 0) is 12.8 Å². The lowest BCUT2D eigenvalue weighted by atomic mass is 9.95. The molecule has 26 heavy (non-hydrogen) atoms. The molecule has 3 aromatic carbocycles. The molecule has 2 amide bonds. The third-order valence-corrected chi connectivity index (χ3v) is 4.46. The maximum Gasteiger partial charge on any atom is 0.314 e. The van der Waals surface area contributed by atoms with Crippen LogP contribution in [-0.4, -0.2) is 26.7 Å². The van der Waals surface area contributed by atoms with Crippen LogP contribution in [0.3, 0.4) is 0 Å². The molecule has 0 aliphatic carbocycles. The molecule has 3 aromatic rings. The van der Waals surface area contributed by atoms with E-state index in [2.05, 4.69) is 59.2 Å². The molecule has 0 aliphatic rings. The minimum Gasteiger partial charge on any atom is -0.497 e. The highest BCUT2D eigenvalue weighted by molar-refractivity contribution is 5.88. The number of benzene rings is 3. The lowest BCUT2D eigenvalue weighted by Crippen LogP contribution is -2.34. The van der Waals surface area contributed by atoms with Crippen LogP contribution in [0.5, 0.6) is 5.75 Å². The molecule has 0 saturated carbocycles. The zero-order valence-electron chi connectivity index (χ0n) is 15.2. The predicted molar refractivity (Wildman–Crippen MR) is 106 cm³/mol. The van der Waals surface area contributed by atoms with Gasteiger partial charge in [0.1, 0.15) is 5.75 Å². The molecule has 0 radical (unpaired) electrons. The highest BCUT2D eigenvalue weighted by Crippen LogP contribution is 2.27. The molecule has 0 bridgehead atoms. The van der Waals surface area contributed by atoms with Crippen molar-refractivity contribution in [3.8, 4) is 5.75 Å². The van der Waals surface area contributed by atoms with Crippen LogP contribution in [0.2, 0.25) is 0 Å². The third kappa shape index (κ3) is 4.33. The van der Waals surface area contributed by atoms with Gasteiger partial charge in [-0.1, -0.05) is 48.5 Å². The average molecular weight is 348 g/mol. The monoisotopic (exact) mass is 348 g/mol. The number of carbonyl (C=O) groups excluding carboxylic acids is 1. The van der Waals surface area contributed by atoms with Gasteiger partial charge in [0, 0.05) is 13.6 Å². The van der Waals surface area contributed by atoms with E-state index in [9.17, 15) is 4.79 Å². The maximum atomic E-state index is 11.4. The van der Waals surface area contributed by atoms with Crippen molar-refractivity contribution in [1.29, 1.82) is 0 Å². The van der Waals surface area contributed by atoms with Crippen molar-refractivity contribution in [3.63, 3.8) is 0 Å². The van der Waals surface area contributed by atoms with E-state index in [4.69, 9.17) is 4.74 Å². The van der Waals surface area contributed by atoms with Crippen LogP contribution in [0.4, 0.5) is 4.79 Å². The summed E-state index contributed by atoms with van der Waals surface area (Å²) in [4.78, 5) is 11.4. The van der Waals surface area contributed by atoms with Crippen molar-refractivity contribution in [3.05, 3.63) is 77.4 Å². The summed E-state index contributed by atoms with van der Waals surface area (Å²) >= 11 is 0. The molecule has 0 unspecified atom stereocenters. The van der Waals surface area contributed by atoms with E-state index in [1.807, 2.05) is 12.1 Å². The zero-order valence-corrected chi connectivity index (χ0v) is 15.2. The Bertz CT molecular complexity index is 891. The predicted octanol–water partition coefficient (Wildman–Crippen LogP) is 3.91. The highest BCUT2D eigenvalue weighted by Gasteiger charge is 2.08. The topological polar surface area (TPSA) is 50.4 Å². The number of carbonyl (C=O) groups is 1. The quantitative estimate of drug-likeness (QED) is 0.709. The van der Waals surface area contributed by atoms with E-state index in [1.165, 1.54) is 27.5 Å². The van der Waals surface area contributed by atoms with Gasteiger partial charge in [-0.15, -0.1) is 0 Å². The van der Waals surface area contributed by atoms with Gasteiger partial charge < -0.3 is 15.4 Å². The number of amides is 2. The lowest BCUT2D eigenvalue weighted by Gasteiger charge is -2.13. The van der Waals surface area contributed by atoms with Gasteiger partial charge >= 0.3 is 6.03 Å². The number of hydrogen-bond donors (Lipinski definition) is 2. The zero-order chi connectivity index (χ0) is 18.4. The Hall–Kier alpha value is -3.01. The first-order valence-corrected chi connectivity index (χ1v) is 8.78. The van der Waals surface area contributed by atoms with Crippen molar-refractivity contribution >= 4 is 16.8 Å². The number of ether oxygens (including phenoxy) is 1. The number of nitrogens with one attached hydrogen (secondary N) is 2. The summed E-state index contributed by atoms with van der Waals surface area (Å²) < 4.78 is 5.38. The minimum atomic E-state index is -0.160. The summed E-state index contributed by atoms with van der Waals surface area (Å²) in [5.41, 5.74) is 3.77. The van der Waals surface area contributed by atoms with E-state index >= 15 is 0 Å². The van der Waals surface area contributed by atoms with Crippen molar-refractivity contribution in [2.24, 2.45) is 0 Å². The maximum absolute atomic E-state index is 11.4. The van der Waals surface area contributed by atoms with E-state index in [-0.39, 0.29) is 6.03 Å². The number of urea groups is 1. The SMILES string of the molecule is CNC(=O)NCCc1cc(Cc2ccccc2)cc2ccc(OC)cc12. The van der Waals surface area contributed by atoms with Crippen LogP contribution in [0.1, 0.15) is 16.7 Å². The molecule has 0 aliphatic heterocycles. The average Bonchev–Trinajstić information content (AvgIpc) is 2.68. The van der Waals surface area contributed by atoms with Crippen LogP contribution in [0.15, 0.2) is 60.7 Å². The number of methoxy groups -OCH3 is 1. The fourth-order valence-electron chi connectivity index (χ4n) is 3.15. The second kappa shape index (κ2) is 8.39. The number of rotatable bonds is 6. The van der Waals surface area contributed by atoms with Gasteiger partial charge in [-0.3, -0.25) is 0 Å². The molecule has 4 heteroatoms. The van der Waals surface area contributed by atoms with Crippen LogP contribution in [0, 0.1) is 0 Å². The normalized spacial score (nSPS) is 10.5. The van der Waals surface area contributed by atoms with Crippen molar-refractivity contribution < 1.29 is 9.53 Å². The molecule has 3 rings (SSSR count). The summed E-state index contributed by atoms with van der Waals surface area (Å²) in [5, 5.41) is 7.80. The molecule has 0 aromatic heterocycles. The standard InChI is InChI=1S/C22H24N2O2/c1-23-22(25)24-11-10-19-14-17(12-16-6-4-3-5-7-16)13-18-8-9-20(26-2)15-21(18)19/h3-9,13-15H,10-12H2,1-2H3,(H2,23,24,25). The smallest absolute Gasteiger partial charge is 0.314 e. The molecular formula is C22H24N2O2. The molecule has 0 heterocycles. The molecule has 0 atom stereocenters. The Morgan fingerprint density at radius 2 is 1.81 bits per heavy atom. The first-order valence-electron chi connectivity index (χ1n) is 8.78. The fourth-order valence-corrected chi connectivity index (χ4v) is 3.15. The Balaban J connectivity index is 1.92. The Morgan fingerprint density at radius 3 is 2.54 bits per heavy atom. The largest absolute Gasteiger partial charge is 0.497 e. The Morgan fingerprint density at radius 1 is 1.00 bits per heavy atom. The molecule has 0 saturated heterocycles. The van der Waals surface area contributed by atoms with E-state index in [0.29, 0.717) is 6.54 Å². The second-order valence-corrected chi connectivity index (χ2v) is 6.26. The van der Waals surface area contributed by atoms with Crippen molar-refractivity contribution in [2.75, 3.05) is 20.7 Å². The van der Waals surface area contributed by atoms with Gasteiger partial charge in [0.25, 0.3) is 0 Å². The van der Waals surface area contributed by atoms with Crippen molar-refractivity contribution in [1.82, 2.24) is 10.6 Å². The molecule has 134 valence electrons. The van der Waals surface area contributed by atoms with Gasteiger partial charge in [-0.2, -0.15) is 0 Å². The fraction of sp³-hybridized carbons (Fsp3) is 0.227. The first kappa shape index (κ1) is 17.8. The summed E-state index contributed by atoms with van der Waals surface area (Å²) in [6, 6.07) is 20.9. The highest BCUT2D eigenvalue weighted by atomic mass is 16.5. The molecule has 2 N–H and O–H groups in total. The van der Waals surface area contributed by atoms with Gasteiger partial charge in [0.2, 0.25) is 0 Å². The Kier molecular flexibility index (Phi) is 5.74. The Labute approximate surface area is 154 Å². The summed E-state index contributed by atoms with van der Waals surface area (Å²) in [6.07, 6.45) is 1.65.